The topological polar surface area (TPSA) is 60.1 Å². The highest BCUT2D eigenvalue weighted by Crippen LogP contribution is 2.25. The van der Waals surface area contributed by atoms with E-state index in [4.69, 9.17) is 4.42 Å². The second-order valence-corrected chi connectivity index (χ2v) is 5.80. The number of rotatable bonds is 3. The number of carbonyl (C=O) groups is 1. The Balaban J connectivity index is 1.74. The molecule has 1 aliphatic rings. The molecule has 5 heteroatoms. The lowest BCUT2D eigenvalue weighted by atomic mass is 9.99. The minimum atomic E-state index is -0.153. The van der Waals surface area contributed by atoms with Crippen LogP contribution in [-0.4, -0.2) is 15.7 Å². The van der Waals surface area contributed by atoms with Gasteiger partial charge in [-0.3, -0.25) is 9.48 Å². The van der Waals surface area contributed by atoms with Crippen LogP contribution in [0.5, 0.6) is 0 Å². The molecule has 0 saturated heterocycles. The lowest BCUT2D eigenvalue weighted by Gasteiger charge is -2.11. The normalized spacial score (nSPS) is 15.6. The number of amides is 1. The summed E-state index contributed by atoms with van der Waals surface area (Å²) < 4.78 is 7.47. The number of hydrogen-bond acceptors (Lipinski definition) is 3. The van der Waals surface area contributed by atoms with Gasteiger partial charge in [0.15, 0.2) is 5.76 Å². The van der Waals surface area contributed by atoms with Crippen molar-refractivity contribution in [2.75, 3.05) is 0 Å². The summed E-state index contributed by atoms with van der Waals surface area (Å²) in [6.45, 7) is 3.91. The van der Waals surface area contributed by atoms with Crippen LogP contribution in [0.3, 0.4) is 0 Å². The highest BCUT2D eigenvalue weighted by molar-refractivity contribution is 5.92. The van der Waals surface area contributed by atoms with Crippen LogP contribution in [-0.2, 0) is 19.9 Å². The van der Waals surface area contributed by atoms with Gasteiger partial charge in [-0.1, -0.05) is 0 Å². The van der Waals surface area contributed by atoms with E-state index in [2.05, 4.69) is 10.4 Å². The van der Waals surface area contributed by atoms with Gasteiger partial charge in [-0.05, 0) is 44.7 Å². The average molecular weight is 287 g/mol. The monoisotopic (exact) mass is 287 g/mol. The number of furan rings is 1. The largest absolute Gasteiger partial charge is 0.456 e. The van der Waals surface area contributed by atoms with Crippen molar-refractivity contribution in [3.63, 3.8) is 0 Å². The quantitative estimate of drug-likeness (QED) is 0.944. The molecule has 1 N–H and O–H groups in total. The van der Waals surface area contributed by atoms with Gasteiger partial charge >= 0.3 is 0 Å². The lowest BCUT2D eigenvalue weighted by Crippen LogP contribution is -2.26. The molecule has 1 amide bonds. The Morgan fingerprint density at radius 2 is 2.19 bits per heavy atom. The number of aryl methyl sites for hydroxylation is 4. The Kier molecular flexibility index (Phi) is 3.57. The Morgan fingerprint density at radius 1 is 1.43 bits per heavy atom. The molecule has 0 spiro atoms. The molecule has 5 nitrogen and oxygen atoms in total. The van der Waals surface area contributed by atoms with Gasteiger partial charge < -0.3 is 9.73 Å². The van der Waals surface area contributed by atoms with Crippen molar-refractivity contribution in [3.8, 4) is 0 Å². The third kappa shape index (κ3) is 2.73. The lowest BCUT2D eigenvalue weighted by molar-refractivity contribution is 0.0910. The predicted octanol–water partition coefficient (Wildman–Crippen LogP) is 2.69. The van der Waals surface area contributed by atoms with Gasteiger partial charge in [0, 0.05) is 25.2 Å². The van der Waals surface area contributed by atoms with Gasteiger partial charge in [0.2, 0.25) is 0 Å². The van der Waals surface area contributed by atoms with Crippen molar-refractivity contribution < 1.29 is 9.21 Å². The summed E-state index contributed by atoms with van der Waals surface area (Å²) in [5.74, 6) is 1.26. The minimum Gasteiger partial charge on any atom is -0.456 e. The summed E-state index contributed by atoms with van der Waals surface area (Å²) in [5, 5.41) is 7.30. The van der Waals surface area contributed by atoms with Crippen molar-refractivity contribution in [2.45, 2.75) is 45.6 Å². The van der Waals surface area contributed by atoms with Gasteiger partial charge in [-0.2, -0.15) is 5.10 Å². The summed E-state index contributed by atoms with van der Waals surface area (Å²) >= 11 is 0. The fourth-order valence-corrected chi connectivity index (χ4v) is 2.99. The molecule has 112 valence electrons. The van der Waals surface area contributed by atoms with Gasteiger partial charge in [-0.25, -0.2) is 0 Å². The van der Waals surface area contributed by atoms with Crippen molar-refractivity contribution in [2.24, 2.45) is 7.05 Å². The maximum atomic E-state index is 12.3. The Bertz CT molecular complexity index is 646. The van der Waals surface area contributed by atoms with Crippen LogP contribution >= 0.6 is 0 Å². The second-order valence-electron chi connectivity index (χ2n) is 5.80. The number of hydrogen-bond donors (Lipinski definition) is 1. The SMILES string of the molecule is Cc1nn(C)cc1C(C)NC(=O)c1cc2c(o1)CCCC2. The van der Waals surface area contributed by atoms with Crippen molar-refractivity contribution >= 4 is 5.91 Å². The van der Waals surface area contributed by atoms with Crippen molar-refractivity contribution in [3.05, 3.63) is 40.6 Å². The van der Waals surface area contributed by atoms with E-state index in [0.717, 1.165) is 36.3 Å². The molecule has 2 heterocycles. The molecular formula is C16H21N3O2. The van der Waals surface area contributed by atoms with Crippen molar-refractivity contribution in [1.82, 2.24) is 15.1 Å². The number of nitrogens with zero attached hydrogens (tertiary/aromatic N) is 2. The summed E-state index contributed by atoms with van der Waals surface area (Å²) in [4.78, 5) is 12.3. The van der Waals surface area contributed by atoms with Gasteiger partial charge in [-0.15, -0.1) is 0 Å². The first kappa shape index (κ1) is 13.9. The van der Waals surface area contributed by atoms with E-state index in [1.165, 1.54) is 12.0 Å². The van der Waals surface area contributed by atoms with Crippen LogP contribution < -0.4 is 5.32 Å². The standard InChI is InChI=1S/C16H21N3O2/c1-10(13-9-19(3)18-11(13)2)17-16(20)15-8-12-6-4-5-7-14(12)21-15/h8-10H,4-7H2,1-3H3,(H,17,20). The Morgan fingerprint density at radius 3 is 2.86 bits per heavy atom. The van der Waals surface area contributed by atoms with Crippen LogP contribution in [0.15, 0.2) is 16.7 Å². The van der Waals surface area contributed by atoms with E-state index in [1.807, 2.05) is 33.2 Å². The zero-order valence-corrected chi connectivity index (χ0v) is 12.8. The van der Waals surface area contributed by atoms with E-state index in [0.29, 0.717) is 5.76 Å². The fourth-order valence-electron chi connectivity index (χ4n) is 2.99. The molecule has 0 fully saturated rings. The van der Waals surface area contributed by atoms with Gasteiger partial charge in [0.05, 0.1) is 11.7 Å². The molecule has 0 bridgehead atoms. The predicted molar refractivity (Wildman–Crippen MR) is 79.2 cm³/mol. The van der Waals surface area contributed by atoms with E-state index in [-0.39, 0.29) is 11.9 Å². The van der Waals surface area contributed by atoms with Crippen molar-refractivity contribution in [1.29, 1.82) is 0 Å². The fraction of sp³-hybridized carbons (Fsp3) is 0.500. The van der Waals surface area contributed by atoms with Crippen LogP contribution in [0.2, 0.25) is 0 Å². The zero-order chi connectivity index (χ0) is 15.0. The molecule has 3 rings (SSSR count). The minimum absolute atomic E-state index is 0.0895. The van der Waals surface area contributed by atoms with Crippen LogP contribution in [0.1, 0.15) is 58.9 Å². The maximum Gasteiger partial charge on any atom is 0.287 e. The molecule has 0 aliphatic heterocycles. The van der Waals surface area contributed by atoms with Crippen LogP contribution in [0.25, 0.3) is 0 Å². The molecule has 1 aliphatic carbocycles. The number of fused-ring (bicyclic) bond motifs is 1. The highest BCUT2D eigenvalue weighted by Gasteiger charge is 2.21. The van der Waals surface area contributed by atoms with E-state index in [1.54, 1.807) is 4.68 Å². The van der Waals surface area contributed by atoms with Gasteiger partial charge in [0.25, 0.3) is 5.91 Å². The first-order valence-electron chi connectivity index (χ1n) is 7.47. The van der Waals surface area contributed by atoms with E-state index < -0.39 is 0 Å². The summed E-state index contributed by atoms with van der Waals surface area (Å²) in [5.41, 5.74) is 3.16. The third-order valence-corrected chi connectivity index (χ3v) is 4.09. The molecular weight excluding hydrogens is 266 g/mol. The van der Waals surface area contributed by atoms with E-state index in [9.17, 15) is 4.79 Å². The molecule has 2 aromatic rings. The number of carbonyl (C=O) groups excluding carboxylic acids is 1. The Hall–Kier alpha value is -2.04. The molecule has 0 radical (unpaired) electrons. The van der Waals surface area contributed by atoms with E-state index >= 15 is 0 Å². The van der Waals surface area contributed by atoms with Crippen LogP contribution in [0, 0.1) is 6.92 Å². The molecule has 2 aromatic heterocycles. The Labute approximate surface area is 124 Å². The number of nitrogens with one attached hydrogen (secondary N) is 1. The zero-order valence-electron chi connectivity index (χ0n) is 12.8. The molecule has 21 heavy (non-hydrogen) atoms. The average Bonchev–Trinajstić information content (AvgIpc) is 3.01. The third-order valence-electron chi connectivity index (χ3n) is 4.09. The molecule has 0 aromatic carbocycles. The second kappa shape index (κ2) is 5.39. The maximum absolute atomic E-state index is 12.3. The molecule has 0 saturated carbocycles. The number of aromatic nitrogens is 2. The first-order chi connectivity index (χ1) is 10.0. The summed E-state index contributed by atoms with van der Waals surface area (Å²) in [7, 11) is 1.88. The molecule has 1 unspecified atom stereocenters. The first-order valence-corrected chi connectivity index (χ1v) is 7.47. The highest BCUT2D eigenvalue weighted by atomic mass is 16.4. The van der Waals surface area contributed by atoms with Crippen LogP contribution in [0.4, 0.5) is 0 Å². The molecule has 1 atom stereocenters. The smallest absolute Gasteiger partial charge is 0.287 e. The van der Waals surface area contributed by atoms with Gasteiger partial charge in [0.1, 0.15) is 5.76 Å². The summed E-state index contributed by atoms with van der Waals surface area (Å²) in [6, 6.07) is 1.81. The summed E-state index contributed by atoms with van der Waals surface area (Å²) in [6.07, 6.45) is 6.22.